The first-order valence-electron chi connectivity index (χ1n) is 9.38. The Morgan fingerprint density at radius 3 is 2.53 bits per heavy atom. The third-order valence-electron chi connectivity index (χ3n) is 5.42. The first-order chi connectivity index (χ1) is 14.1. The summed E-state index contributed by atoms with van der Waals surface area (Å²) in [6.45, 7) is 5.42. The van der Waals surface area contributed by atoms with E-state index in [1.807, 2.05) is 13.0 Å². The number of aryl methyl sites for hydroxylation is 1. The monoisotopic (exact) mass is 441 g/mol. The molecule has 2 aliphatic heterocycles. The second kappa shape index (κ2) is 8.73. The summed E-state index contributed by atoms with van der Waals surface area (Å²) < 4.78 is 31.7. The number of hydrogen-bond donors (Lipinski definition) is 2. The maximum absolute atomic E-state index is 12.6. The summed E-state index contributed by atoms with van der Waals surface area (Å²) in [5, 5.41) is 13.4. The van der Waals surface area contributed by atoms with Crippen LogP contribution >= 0.6 is 11.3 Å². The number of aliphatic carboxylic acids is 1. The molecule has 162 valence electrons. The molecule has 3 heterocycles. The lowest BCUT2D eigenvalue weighted by Crippen LogP contribution is -2.37. The molecule has 1 aromatic carbocycles. The SMILES string of the molecule is Cc1nc(CN2C[C@@H](c3ccccc3)[C@@]3(CCNC3=O)C2)cs1.O=C(O)C(F)(F)F. The number of carboxylic acid groups (broad SMARTS) is 1. The van der Waals surface area contributed by atoms with Gasteiger partial charge in [-0.05, 0) is 18.9 Å². The van der Waals surface area contributed by atoms with Crippen molar-refractivity contribution in [3.63, 3.8) is 0 Å². The summed E-state index contributed by atoms with van der Waals surface area (Å²) in [7, 11) is 0. The second-order valence-corrected chi connectivity index (χ2v) is 8.52. The van der Waals surface area contributed by atoms with Gasteiger partial charge in [-0.2, -0.15) is 13.2 Å². The van der Waals surface area contributed by atoms with Crippen molar-refractivity contribution in [2.45, 2.75) is 32.0 Å². The minimum Gasteiger partial charge on any atom is -0.475 e. The minimum absolute atomic E-state index is 0.225. The number of likely N-dealkylation sites (tertiary alicyclic amines) is 1. The van der Waals surface area contributed by atoms with E-state index >= 15 is 0 Å². The molecule has 6 nitrogen and oxygen atoms in total. The summed E-state index contributed by atoms with van der Waals surface area (Å²) in [5.74, 6) is -2.26. The first-order valence-corrected chi connectivity index (χ1v) is 10.3. The highest BCUT2D eigenvalue weighted by Crippen LogP contribution is 2.47. The Bertz CT molecular complexity index is 903. The fourth-order valence-electron chi connectivity index (χ4n) is 4.12. The van der Waals surface area contributed by atoms with Gasteiger partial charge >= 0.3 is 12.1 Å². The van der Waals surface area contributed by atoms with Crippen molar-refractivity contribution in [3.05, 3.63) is 52.0 Å². The van der Waals surface area contributed by atoms with Crippen LogP contribution in [0.2, 0.25) is 0 Å². The maximum atomic E-state index is 12.6. The molecule has 0 unspecified atom stereocenters. The highest BCUT2D eigenvalue weighted by Gasteiger charge is 2.54. The van der Waals surface area contributed by atoms with Gasteiger partial charge in [-0.15, -0.1) is 11.3 Å². The fraction of sp³-hybridized carbons (Fsp3) is 0.450. The molecule has 2 aliphatic rings. The van der Waals surface area contributed by atoms with Crippen molar-refractivity contribution in [2.75, 3.05) is 19.6 Å². The van der Waals surface area contributed by atoms with Crippen LogP contribution in [0.3, 0.4) is 0 Å². The first kappa shape index (κ1) is 22.2. The summed E-state index contributed by atoms with van der Waals surface area (Å²) in [6.07, 6.45) is -4.15. The van der Waals surface area contributed by atoms with Gasteiger partial charge in [0.1, 0.15) is 0 Å². The van der Waals surface area contributed by atoms with Gasteiger partial charge in [0.2, 0.25) is 5.91 Å². The molecule has 0 saturated carbocycles. The number of aromatic nitrogens is 1. The van der Waals surface area contributed by atoms with E-state index in [1.54, 1.807) is 11.3 Å². The number of carboxylic acids is 1. The number of amides is 1. The number of thiazole rings is 1. The van der Waals surface area contributed by atoms with Gasteiger partial charge in [-0.1, -0.05) is 30.3 Å². The quantitative estimate of drug-likeness (QED) is 0.765. The lowest BCUT2D eigenvalue weighted by Gasteiger charge is -2.27. The van der Waals surface area contributed by atoms with Crippen LogP contribution in [0.15, 0.2) is 35.7 Å². The Kier molecular flexibility index (Phi) is 6.47. The predicted octanol–water partition coefficient (Wildman–Crippen LogP) is 3.19. The van der Waals surface area contributed by atoms with Gasteiger partial charge < -0.3 is 10.4 Å². The Hall–Kier alpha value is -2.46. The number of alkyl halides is 3. The van der Waals surface area contributed by atoms with E-state index in [0.717, 1.165) is 43.3 Å². The molecule has 0 aliphatic carbocycles. The number of nitrogens with one attached hydrogen (secondary N) is 1. The number of carbonyl (C=O) groups excluding carboxylic acids is 1. The van der Waals surface area contributed by atoms with Gasteiger partial charge in [0.25, 0.3) is 0 Å². The van der Waals surface area contributed by atoms with E-state index in [1.165, 1.54) is 5.56 Å². The van der Waals surface area contributed by atoms with Crippen LogP contribution in [0.4, 0.5) is 13.2 Å². The van der Waals surface area contributed by atoms with E-state index < -0.39 is 12.1 Å². The lowest BCUT2D eigenvalue weighted by molar-refractivity contribution is -0.192. The maximum Gasteiger partial charge on any atom is 0.490 e. The minimum atomic E-state index is -5.08. The number of carbonyl (C=O) groups is 2. The Balaban J connectivity index is 0.000000318. The van der Waals surface area contributed by atoms with Crippen molar-refractivity contribution in [2.24, 2.45) is 5.41 Å². The lowest BCUT2D eigenvalue weighted by atomic mass is 9.73. The molecule has 2 saturated heterocycles. The number of benzene rings is 1. The van der Waals surface area contributed by atoms with Crippen LogP contribution in [-0.4, -0.2) is 52.7 Å². The summed E-state index contributed by atoms with van der Waals surface area (Å²) in [5.41, 5.74) is 2.13. The smallest absolute Gasteiger partial charge is 0.475 e. The summed E-state index contributed by atoms with van der Waals surface area (Å²) in [4.78, 5) is 28.5. The van der Waals surface area contributed by atoms with Crippen LogP contribution in [0.1, 0.15) is 28.6 Å². The molecule has 2 fully saturated rings. The average Bonchev–Trinajstić information content (AvgIpc) is 3.37. The normalized spacial score (nSPS) is 23.9. The van der Waals surface area contributed by atoms with Crippen LogP contribution in [0.25, 0.3) is 0 Å². The number of nitrogens with zero attached hydrogens (tertiary/aromatic N) is 2. The van der Waals surface area contributed by atoms with Crippen LogP contribution < -0.4 is 5.32 Å². The number of halogens is 3. The van der Waals surface area contributed by atoms with Gasteiger partial charge in [0.05, 0.1) is 16.1 Å². The van der Waals surface area contributed by atoms with Gasteiger partial charge in [-0.25, -0.2) is 9.78 Å². The number of rotatable bonds is 3. The average molecular weight is 441 g/mol. The summed E-state index contributed by atoms with van der Waals surface area (Å²) >= 11 is 1.69. The molecule has 1 amide bonds. The molecule has 10 heteroatoms. The third kappa shape index (κ3) is 4.81. The molecule has 2 atom stereocenters. The molecule has 1 spiro atoms. The number of hydrogen-bond acceptors (Lipinski definition) is 5. The van der Waals surface area contributed by atoms with Crippen molar-refractivity contribution in [3.8, 4) is 0 Å². The molecular weight excluding hydrogens is 419 g/mol. The highest BCUT2D eigenvalue weighted by molar-refractivity contribution is 7.09. The molecule has 0 bridgehead atoms. The Morgan fingerprint density at radius 1 is 1.37 bits per heavy atom. The van der Waals surface area contributed by atoms with E-state index in [2.05, 4.69) is 44.8 Å². The standard InChI is InChI=1S/C18H21N3OS.C2HF3O2/c1-13-20-15(11-23-13)9-21-10-16(14-5-3-2-4-6-14)18(12-21)7-8-19-17(18)22;3-2(4,5)1(6)7/h2-6,11,16H,7-10,12H2,1H3,(H,19,22);(H,6,7)/t16-,18+;/m0./s1. The van der Waals surface area contributed by atoms with Crippen molar-refractivity contribution in [1.29, 1.82) is 0 Å². The Morgan fingerprint density at radius 2 is 2.03 bits per heavy atom. The third-order valence-corrected chi connectivity index (χ3v) is 6.24. The fourth-order valence-corrected chi connectivity index (χ4v) is 4.72. The van der Waals surface area contributed by atoms with Gasteiger partial charge in [-0.3, -0.25) is 9.69 Å². The van der Waals surface area contributed by atoms with E-state index in [4.69, 9.17) is 9.90 Å². The van der Waals surface area contributed by atoms with Crippen LogP contribution in [0, 0.1) is 12.3 Å². The molecule has 2 aromatic rings. The largest absolute Gasteiger partial charge is 0.490 e. The Labute approximate surface area is 175 Å². The molecule has 30 heavy (non-hydrogen) atoms. The molecule has 4 rings (SSSR count). The zero-order valence-electron chi connectivity index (χ0n) is 16.3. The van der Waals surface area contributed by atoms with Crippen LogP contribution in [0.5, 0.6) is 0 Å². The van der Waals surface area contributed by atoms with Gasteiger partial charge in [0, 0.05) is 37.5 Å². The predicted molar refractivity (Wildman–Crippen MR) is 105 cm³/mol. The van der Waals surface area contributed by atoms with E-state index in [0.29, 0.717) is 0 Å². The second-order valence-electron chi connectivity index (χ2n) is 7.46. The van der Waals surface area contributed by atoms with Crippen molar-refractivity contribution < 1.29 is 27.9 Å². The van der Waals surface area contributed by atoms with E-state index in [9.17, 15) is 18.0 Å². The molecular formula is C20H22F3N3O3S. The van der Waals surface area contributed by atoms with Gasteiger partial charge in [0.15, 0.2) is 0 Å². The zero-order chi connectivity index (χ0) is 21.9. The van der Waals surface area contributed by atoms with Crippen molar-refractivity contribution >= 4 is 23.2 Å². The zero-order valence-corrected chi connectivity index (χ0v) is 17.1. The topological polar surface area (TPSA) is 82.5 Å². The van der Waals surface area contributed by atoms with Crippen molar-refractivity contribution in [1.82, 2.24) is 15.2 Å². The van der Waals surface area contributed by atoms with Crippen LogP contribution in [-0.2, 0) is 16.1 Å². The van der Waals surface area contributed by atoms with E-state index in [-0.39, 0.29) is 17.2 Å². The highest BCUT2D eigenvalue weighted by atomic mass is 32.1. The molecule has 1 aromatic heterocycles. The summed E-state index contributed by atoms with van der Waals surface area (Å²) in [6, 6.07) is 10.5. The molecule has 0 radical (unpaired) electrons. The molecule has 2 N–H and O–H groups in total.